The molecule has 1 heterocycles. The number of nitrogens with zero attached hydrogens (tertiary/aromatic N) is 2. The molecule has 2 N–H and O–H groups in total. The van der Waals surface area contributed by atoms with Gasteiger partial charge in [-0.2, -0.15) is 13.2 Å². The third kappa shape index (κ3) is 8.79. The minimum atomic E-state index is -4.16. The first-order valence-corrected chi connectivity index (χ1v) is 7.42. The van der Waals surface area contributed by atoms with E-state index in [1.165, 1.54) is 22.4 Å². The van der Waals surface area contributed by atoms with Gasteiger partial charge in [-0.25, -0.2) is 0 Å². The Morgan fingerprint density at radius 1 is 1.36 bits per heavy atom. The fraction of sp³-hybridized carbons (Fsp3) is 0.615. The first-order valence-electron chi connectivity index (χ1n) is 6.54. The number of thiophene rings is 1. The summed E-state index contributed by atoms with van der Waals surface area (Å²) >= 11 is 1.66. The van der Waals surface area contributed by atoms with E-state index in [0.717, 1.165) is 0 Å². The van der Waals surface area contributed by atoms with Gasteiger partial charge in [0.1, 0.15) is 0 Å². The second kappa shape index (κ2) is 10.3. The monoisotopic (exact) mass is 450 g/mol. The molecule has 4 nitrogen and oxygen atoms in total. The number of rotatable bonds is 6. The third-order valence-corrected chi connectivity index (χ3v) is 3.87. The molecular formula is C13H22F3IN4S. The molecule has 0 amide bonds. The number of hydrogen-bond acceptors (Lipinski definition) is 3. The molecule has 0 aliphatic heterocycles. The molecule has 9 heteroatoms. The number of nitrogens with one attached hydrogen (secondary N) is 2. The molecule has 0 saturated carbocycles. The Labute approximate surface area is 150 Å². The van der Waals surface area contributed by atoms with Crippen molar-refractivity contribution in [3.05, 3.63) is 21.9 Å². The molecule has 0 radical (unpaired) electrons. The maximum Gasteiger partial charge on any atom is 0.401 e. The fourth-order valence-electron chi connectivity index (χ4n) is 1.72. The van der Waals surface area contributed by atoms with Crippen molar-refractivity contribution in [1.82, 2.24) is 15.5 Å². The van der Waals surface area contributed by atoms with Crippen LogP contribution < -0.4 is 10.6 Å². The lowest BCUT2D eigenvalue weighted by atomic mass is 10.3. The maximum atomic E-state index is 12.2. The molecule has 0 bridgehead atoms. The zero-order valence-electron chi connectivity index (χ0n) is 12.8. The van der Waals surface area contributed by atoms with Crippen molar-refractivity contribution in [3.63, 3.8) is 0 Å². The van der Waals surface area contributed by atoms with Crippen LogP contribution in [0.25, 0.3) is 0 Å². The van der Waals surface area contributed by atoms with Crippen LogP contribution in [0, 0.1) is 6.92 Å². The quantitative estimate of drug-likeness (QED) is 0.398. The van der Waals surface area contributed by atoms with Crippen LogP contribution in [0.4, 0.5) is 13.2 Å². The van der Waals surface area contributed by atoms with Gasteiger partial charge >= 0.3 is 6.18 Å². The normalized spacial score (nSPS) is 12.2. The smallest absolute Gasteiger partial charge is 0.355 e. The highest BCUT2D eigenvalue weighted by Gasteiger charge is 2.28. The summed E-state index contributed by atoms with van der Waals surface area (Å²) in [7, 11) is 3.08. The summed E-state index contributed by atoms with van der Waals surface area (Å²) in [5, 5.41) is 8.17. The van der Waals surface area contributed by atoms with Gasteiger partial charge in [-0.05, 0) is 31.0 Å². The maximum absolute atomic E-state index is 12.2. The molecule has 1 aromatic rings. The Morgan fingerprint density at radius 2 is 2.05 bits per heavy atom. The Balaban J connectivity index is 0.00000441. The van der Waals surface area contributed by atoms with Crippen LogP contribution in [-0.4, -0.2) is 50.8 Å². The van der Waals surface area contributed by atoms with Gasteiger partial charge in [0.05, 0.1) is 13.1 Å². The van der Waals surface area contributed by atoms with Crippen molar-refractivity contribution in [2.45, 2.75) is 19.6 Å². The minimum Gasteiger partial charge on any atom is -0.355 e. The number of likely N-dealkylation sites (N-methyl/N-ethyl adjacent to an activating group) is 1. The number of alkyl halides is 3. The van der Waals surface area contributed by atoms with Crippen LogP contribution in [0.5, 0.6) is 0 Å². The molecule has 0 aliphatic carbocycles. The van der Waals surface area contributed by atoms with Gasteiger partial charge in [0.2, 0.25) is 0 Å². The van der Waals surface area contributed by atoms with Crippen molar-refractivity contribution in [2.24, 2.45) is 4.99 Å². The molecule has 0 saturated heterocycles. The summed E-state index contributed by atoms with van der Waals surface area (Å²) in [6.45, 7) is 2.47. The number of aryl methyl sites for hydroxylation is 1. The summed E-state index contributed by atoms with van der Waals surface area (Å²) in [4.78, 5) is 6.49. The summed E-state index contributed by atoms with van der Waals surface area (Å²) in [5.74, 6) is 0.586. The highest BCUT2D eigenvalue weighted by molar-refractivity contribution is 14.0. The number of aliphatic imine (C=N–C) groups is 1. The molecule has 128 valence electrons. The van der Waals surface area contributed by atoms with Crippen molar-refractivity contribution in [1.29, 1.82) is 0 Å². The van der Waals surface area contributed by atoms with Crippen LogP contribution >= 0.6 is 35.3 Å². The first-order chi connectivity index (χ1) is 9.81. The van der Waals surface area contributed by atoms with E-state index in [1.807, 2.05) is 18.4 Å². The zero-order valence-corrected chi connectivity index (χ0v) is 16.0. The van der Waals surface area contributed by atoms with Gasteiger partial charge < -0.3 is 10.6 Å². The third-order valence-electron chi connectivity index (χ3n) is 2.84. The fourth-order valence-corrected chi connectivity index (χ4v) is 2.57. The van der Waals surface area contributed by atoms with E-state index in [0.29, 0.717) is 19.0 Å². The zero-order chi connectivity index (χ0) is 15.9. The Hall–Kier alpha value is -0.550. The summed E-state index contributed by atoms with van der Waals surface area (Å²) in [6.07, 6.45) is -4.16. The molecular weight excluding hydrogens is 428 g/mol. The van der Waals surface area contributed by atoms with Gasteiger partial charge in [-0.3, -0.25) is 9.89 Å². The standard InChI is InChI=1S/C13H21F3N4S.HI/c1-10-4-7-21-11(10)8-19-12(17-2)18-5-6-20(3)9-13(14,15)16;/h4,7H,5-6,8-9H2,1-3H3,(H2,17,18,19);1H. The predicted octanol–water partition coefficient (Wildman–Crippen LogP) is 2.83. The van der Waals surface area contributed by atoms with Crippen LogP contribution in [0.3, 0.4) is 0 Å². The van der Waals surface area contributed by atoms with E-state index in [4.69, 9.17) is 0 Å². The summed E-state index contributed by atoms with van der Waals surface area (Å²) in [6, 6.07) is 2.05. The highest BCUT2D eigenvalue weighted by Crippen LogP contribution is 2.15. The highest BCUT2D eigenvalue weighted by atomic mass is 127. The summed E-state index contributed by atoms with van der Waals surface area (Å²) < 4.78 is 36.5. The molecule has 22 heavy (non-hydrogen) atoms. The molecule has 0 unspecified atom stereocenters. The molecule has 0 aliphatic rings. The van der Waals surface area contributed by atoms with E-state index < -0.39 is 12.7 Å². The van der Waals surface area contributed by atoms with Gasteiger partial charge in [-0.15, -0.1) is 35.3 Å². The topological polar surface area (TPSA) is 39.7 Å². The molecule has 0 fully saturated rings. The average molecular weight is 450 g/mol. The van der Waals surface area contributed by atoms with Crippen molar-refractivity contribution in [2.75, 3.05) is 33.7 Å². The number of halogens is 4. The van der Waals surface area contributed by atoms with Gasteiger partial charge in [-0.1, -0.05) is 0 Å². The second-order valence-corrected chi connectivity index (χ2v) is 5.73. The van der Waals surface area contributed by atoms with Crippen molar-refractivity contribution >= 4 is 41.3 Å². The van der Waals surface area contributed by atoms with Crippen LogP contribution in [-0.2, 0) is 6.54 Å². The van der Waals surface area contributed by atoms with Crippen LogP contribution in [0.2, 0.25) is 0 Å². The van der Waals surface area contributed by atoms with Gasteiger partial charge in [0.25, 0.3) is 0 Å². The van der Waals surface area contributed by atoms with Crippen LogP contribution in [0.1, 0.15) is 10.4 Å². The number of hydrogen-bond donors (Lipinski definition) is 2. The molecule has 0 spiro atoms. The lowest BCUT2D eigenvalue weighted by Crippen LogP contribution is -2.42. The Kier molecular flexibility index (Phi) is 10.0. The molecule has 0 aromatic carbocycles. The molecule has 0 atom stereocenters. The Bertz CT molecular complexity index is 462. The van der Waals surface area contributed by atoms with Crippen molar-refractivity contribution in [3.8, 4) is 0 Å². The molecule has 1 rings (SSSR count). The lowest BCUT2D eigenvalue weighted by molar-refractivity contribution is -0.142. The number of guanidine groups is 1. The SMILES string of the molecule is CN=C(NCCN(C)CC(F)(F)F)NCc1sccc1C.I. The van der Waals surface area contributed by atoms with Crippen LogP contribution in [0.15, 0.2) is 16.4 Å². The lowest BCUT2D eigenvalue weighted by Gasteiger charge is -2.19. The largest absolute Gasteiger partial charge is 0.401 e. The van der Waals surface area contributed by atoms with E-state index in [9.17, 15) is 13.2 Å². The van der Waals surface area contributed by atoms with E-state index in [-0.39, 0.29) is 30.5 Å². The second-order valence-electron chi connectivity index (χ2n) is 4.73. The predicted molar refractivity (Wildman–Crippen MR) is 96.2 cm³/mol. The van der Waals surface area contributed by atoms with Crippen molar-refractivity contribution < 1.29 is 13.2 Å². The average Bonchev–Trinajstić information content (AvgIpc) is 2.77. The first kappa shape index (κ1) is 21.4. The summed E-state index contributed by atoms with van der Waals surface area (Å²) in [5.41, 5.74) is 1.22. The van der Waals surface area contributed by atoms with Gasteiger partial charge in [0.15, 0.2) is 5.96 Å². The Morgan fingerprint density at radius 3 is 2.55 bits per heavy atom. The van der Waals surface area contributed by atoms with E-state index >= 15 is 0 Å². The van der Waals surface area contributed by atoms with Gasteiger partial charge in [0, 0.05) is 25.0 Å². The molecule has 1 aromatic heterocycles. The van der Waals surface area contributed by atoms with E-state index in [1.54, 1.807) is 18.4 Å². The van der Waals surface area contributed by atoms with E-state index in [2.05, 4.69) is 15.6 Å². The minimum absolute atomic E-state index is 0.